The number of thioether (sulfide) groups is 1. The quantitative estimate of drug-likeness (QED) is 0.648. The number of aromatic nitrogens is 2. The molecule has 5 heteroatoms. The second-order valence-corrected chi connectivity index (χ2v) is 5.06. The van der Waals surface area contributed by atoms with E-state index in [0.717, 1.165) is 11.4 Å². The molecule has 0 unspecified atom stereocenters. The fraction of sp³-hybridized carbons (Fsp3) is 0.286. The fourth-order valence-electron chi connectivity index (χ4n) is 1.42. The van der Waals surface area contributed by atoms with Crippen molar-refractivity contribution in [1.82, 2.24) is 9.97 Å². The smallest absolute Gasteiger partial charge is 0.187 e. The Morgan fingerprint density at radius 3 is 2.79 bits per heavy atom. The Kier molecular flexibility index (Phi) is 5.18. The first kappa shape index (κ1) is 13.8. The summed E-state index contributed by atoms with van der Waals surface area (Å²) in [6.45, 7) is 2.18. The topological polar surface area (TPSA) is 55.2 Å². The Hall–Kier alpha value is -1.59. The molecule has 1 N–H and O–H groups in total. The SMILES string of the molecule is Cc1ccnc(SC[C@@H](O)COc2ccccc2)n1. The largest absolute Gasteiger partial charge is 0.491 e. The maximum absolute atomic E-state index is 9.84. The summed E-state index contributed by atoms with van der Waals surface area (Å²) in [6, 6.07) is 11.3. The van der Waals surface area contributed by atoms with Gasteiger partial charge in [-0.1, -0.05) is 30.0 Å². The van der Waals surface area contributed by atoms with Gasteiger partial charge in [-0.05, 0) is 25.1 Å². The van der Waals surface area contributed by atoms with Crippen LogP contribution in [0.2, 0.25) is 0 Å². The minimum atomic E-state index is -0.547. The number of benzene rings is 1. The molecule has 4 nitrogen and oxygen atoms in total. The monoisotopic (exact) mass is 276 g/mol. The zero-order valence-electron chi connectivity index (χ0n) is 10.7. The van der Waals surface area contributed by atoms with E-state index in [2.05, 4.69) is 9.97 Å². The summed E-state index contributed by atoms with van der Waals surface area (Å²) in [7, 11) is 0. The average Bonchev–Trinajstić information content (AvgIpc) is 2.44. The predicted molar refractivity (Wildman–Crippen MR) is 75.4 cm³/mol. The first-order valence-electron chi connectivity index (χ1n) is 6.02. The molecule has 19 heavy (non-hydrogen) atoms. The lowest BCUT2D eigenvalue weighted by Gasteiger charge is -2.11. The molecule has 2 rings (SSSR count). The van der Waals surface area contributed by atoms with Gasteiger partial charge in [0.25, 0.3) is 0 Å². The second-order valence-electron chi connectivity index (χ2n) is 4.07. The van der Waals surface area contributed by atoms with Crippen LogP contribution in [-0.4, -0.2) is 33.5 Å². The van der Waals surface area contributed by atoms with Gasteiger partial charge in [0.15, 0.2) is 5.16 Å². The maximum Gasteiger partial charge on any atom is 0.187 e. The van der Waals surface area contributed by atoms with Crippen molar-refractivity contribution < 1.29 is 9.84 Å². The summed E-state index contributed by atoms with van der Waals surface area (Å²) in [5.74, 6) is 1.27. The summed E-state index contributed by atoms with van der Waals surface area (Å²) >= 11 is 1.43. The minimum Gasteiger partial charge on any atom is -0.491 e. The molecule has 0 radical (unpaired) electrons. The van der Waals surface area contributed by atoms with Crippen LogP contribution in [-0.2, 0) is 0 Å². The number of para-hydroxylation sites is 1. The van der Waals surface area contributed by atoms with E-state index in [1.807, 2.05) is 43.3 Å². The van der Waals surface area contributed by atoms with Gasteiger partial charge in [-0.25, -0.2) is 9.97 Å². The first-order valence-corrected chi connectivity index (χ1v) is 7.01. The molecule has 0 saturated heterocycles. The van der Waals surface area contributed by atoms with E-state index in [9.17, 15) is 5.11 Å². The molecule has 0 amide bonds. The maximum atomic E-state index is 9.84. The van der Waals surface area contributed by atoms with Crippen LogP contribution in [0.1, 0.15) is 5.69 Å². The number of rotatable bonds is 6. The van der Waals surface area contributed by atoms with Crippen molar-refractivity contribution in [3.63, 3.8) is 0 Å². The lowest BCUT2D eigenvalue weighted by molar-refractivity contribution is 0.126. The van der Waals surface area contributed by atoms with Crippen molar-refractivity contribution in [2.24, 2.45) is 0 Å². The molecule has 0 bridgehead atoms. The van der Waals surface area contributed by atoms with Crippen LogP contribution in [0, 0.1) is 6.92 Å². The second kappa shape index (κ2) is 7.11. The molecular formula is C14H16N2O2S. The van der Waals surface area contributed by atoms with E-state index < -0.39 is 6.10 Å². The third-order valence-electron chi connectivity index (χ3n) is 2.36. The Labute approximate surface area is 116 Å². The zero-order chi connectivity index (χ0) is 13.5. The van der Waals surface area contributed by atoms with Crippen LogP contribution in [0.25, 0.3) is 0 Å². The van der Waals surface area contributed by atoms with E-state index in [0.29, 0.717) is 10.9 Å². The molecule has 0 aliphatic carbocycles. The summed E-state index contributed by atoms with van der Waals surface area (Å²) in [5, 5.41) is 10.5. The summed E-state index contributed by atoms with van der Waals surface area (Å²) < 4.78 is 5.48. The number of nitrogens with zero attached hydrogens (tertiary/aromatic N) is 2. The molecule has 0 aliphatic rings. The minimum absolute atomic E-state index is 0.267. The summed E-state index contributed by atoms with van der Waals surface area (Å²) in [4.78, 5) is 8.39. The van der Waals surface area contributed by atoms with Crippen LogP contribution in [0.4, 0.5) is 0 Å². The standard InChI is InChI=1S/C14H16N2O2S/c1-11-7-8-15-14(16-11)19-10-12(17)9-18-13-5-3-2-4-6-13/h2-8,12,17H,9-10H2,1H3/t12-/m0/s1. The highest BCUT2D eigenvalue weighted by molar-refractivity contribution is 7.99. The normalized spacial score (nSPS) is 12.1. The van der Waals surface area contributed by atoms with Crippen molar-refractivity contribution in [3.8, 4) is 5.75 Å². The van der Waals surface area contributed by atoms with Gasteiger partial charge < -0.3 is 9.84 Å². The van der Waals surface area contributed by atoms with Gasteiger partial charge in [-0.2, -0.15) is 0 Å². The fourth-order valence-corrected chi connectivity index (χ4v) is 2.21. The van der Waals surface area contributed by atoms with E-state index in [4.69, 9.17) is 4.74 Å². The molecule has 1 atom stereocenters. The van der Waals surface area contributed by atoms with E-state index in [-0.39, 0.29) is 6.61 Å². The van der Waals surface area contributed by atoms with Gasteiger partial charge in [0, 0.05) is 17.6 Å². The Balaban J connectivity index is 1.74. The lowest BCUT2D eigenvalue weighted by Crippen LogP contribution is -2.20. The average molecular weight is 276 g/mol. The van der Waals surface area contributed by atoms with Crippen molar-refractivity contribution in [2.75, 3.05) is 12.4 Å². The van der Waals surface area contributed by atoms with Gasteiger partial charge in [-0.15, -0.1) is 0 Å². The number of aliphatic hydroxyl groups excluding tert-OH is 1. The van der Waals surface area contributed by atoms with Crippen LogP contribution < -0.4 is 4.74 Å². The highest BCUT2D eigenvalue weighted by Crippen LogP contribution is 2.15. The molecule has 1 aromatic carbocycles. The molecule has 0 fully saturated rings. The Morgan fingerprint density at radius 2 is 2.05 bits per heavy atom. The molecule has 0 saturated carbocycles. The van der Waals surface area contributed by atoms with Gasteiger partial charge >= 0.3 is 0 Å². The van der Waals surface area contributed by atoms with Gasteiger partial charge in [0.1, 0.15) is 12.4 Å². The van der Waals surface area contributed by atoms with E-state index >= 15 is 0 Å². The van der Waals surface area contributed by atoms with Gasteiger partial charge in [0.2, 0.25) is 0 Å². The van der Waals surface area contributed by atoms with Crippen molar-refractivity contribution in [1.29, 1.82) is 0 Å². The molecule has 0 spiro atoms. The summed E-state index contributed by atoms with van der Waals surface area (Å²) in [5.41, 5.74) is 0.924. The molecule has 1 aromatic heterocycles. The van der Waals surface area contributed by atoms with Crippen molar-refractivity contribution in [3.05, 3.63) is 48.3 Å². The van der Waals surface area contributed by atoms with E-state index in [1.165, 1.54) is 11.8 Å². The van der Waals surface area contributed by atoms with Crippen LogP contribution >= 0.6 is 11.8 Å². The van der Waals surface area contributed by atoms with E-state index in [1.54, 1.807) is 6.20 Å². The third kappa shape index (κ3) is 4.89. The highest BCUT2D eigenvalue weighted by atomic mass is 32.2. The molecular weight excluding hydrogens is 260 g/mol. The number of hydrogen-bond donors (Lipinski definition) is 1. The Bertz CT molecular complexity index is 508. The number of aliphatic hydroxyl groups is 1. The van der Waals surface area contributed by atoms with Crippen LogP contribution in [0.3, 0.4) is 0 Å². The zero-order valence-corrected chi connectivity index (χ0v) is 11.5. The van der Waals surface area contributed by atoms with Crippen LogP contribution in [0.5, 0.6) is 5.75 Å². The molecule has 2 aromatic rings. The number of ether oxygens (including phenoxy) is 1. The highest BCUT2D eigenvalue weighted by Gasteiger charge is 2.07. The van der Waals surface area contributed by atoms with Crippen molar-refractivity contribution in [2.45, 2.75) is 18.2 Å². The van der Waals surface area contributed by atoms with Crippen LogP contribution in [0.15, 0.2) is 47.8 Å². The predicted octanol–water partition coefficient (Wildman–Crippen LogP) is 2.32. The molecule has 0 aliphatic heterocycles. The number of aryl methyl sites for hydroxylation is 1. The summed E-state index contributed by atoms with van der Waals surface area (Å²) in [6.07, 6.45) is 1.17. The Morgan fingerprint density at radius 1 is 1.26 bits per heavy atom. The molecule has 1 heterocycles. The number of hydrogen-bond acceptors (Lipinski definition) is 5. The third-order valence-corrected chi connectivity index (χ3v) is 3.37. The molecule has 100 valence electrons. The van der Waals surface area contributed by atoms with Gasteiger partial charge in [-0.3, -0.25) is 0 Å². The lowest BCUT2D eigenvalue weighted by atomic mass is 10.3. The first-order chi connectivity index (χ1) is 9.24. The van der Waals surface area contributed by atoms with Crippen molar-refractivity contribution >= 4 is 11.8 Å². The van der Waals surface area contributed by atoms with Gasteiger partial charge in [0.05, 0.1) is 6.10 Å².